The molecule has 0 aliphatic carbocycles. The lowest BCUT2D eigenvalue weighted by molar-refractivity contribution is -0.140. The van der Waals surface area contributed by atoms with E-state index >= 15 is 0 Å². The van der Waals surface area contributed by atoms with Crippen molar-refractivity contribution in [2.24, 2.45) is 5.73 Å². The van der Waals surface area contributed by atoms with Gasteiger partial charge in [-0.25, -0.2) is 12.8 Å². The molecule has 4 N–H and O–H groups in total. The Hall–Kier alpha value is -2.07. The minimum atomic E-state index is -4.31. The SMILES string of the molecule is NC(=O)C[C@H](NS(=O)(=O)c1cncc(F)c1)C(=O)O. The van der Waals surface area contributed by atoms with Crippen molar-refractivity contribution in [1.82, 2.24) is 9.71 Å². The summed E-state index contributed by atoms with van der Waals surface area (Å²) in [7, 11) is -4.31. The average Bonchev–Trinajstić information content (AvgIpc) is 2.27. The molecule has 0 aliphatic heterocycles. The summed E-state index contributed by atoms with van der Waals surface area (Å²) in [6.07, 6.45) is 0.906. The molecular formula is C9H10FN3O5S. The van der Waals surface area contributed by atoms with Gasteiger partial charge in [-0.1, -0.05) is 0 Å². The molecule has 0 aliphatic rings. The summed E-state index contributed by atoms with van der Waals surface area (Å²) in [6.45, 7) is 0. The Morgan fingerprint density at radius 2 is 2.11 bits per heavy atom. The smallest absolute Gasteiger partial charge is 0.322 e. The minimum Gasteiger partial charge on any atom is -0.480 e. The predicted octanol–water partition coefficient (Wildman–Crippen LogP) is -1.17. The van der Waals surface area contributed by atoms with Gasteiger partial charge in [0.1, 0.15) is 16.8 Å². The third-order valence-corrected chi connectivity index (χ3v) is 3.43. The summed E-state index contributed by atoms with van der Waals surface area (Å²) in [6, 6.07) is -1.07. The lowest BCUT2D eigenvalue weighted by atomic mass is 10.2. The molecule has 1 aromatic rings. The molecule has 0 radical (unpaired) electrons. The number of carboxylic acid groups (broad SMARTS) is 1. The van der Waals surface area contributed by atoms with Gasteiger partial charge in [-0.15, -0.1) is 0 Å². The predicted molar refractivity (Wildman–Crippen MR) is 59.8 cm³/mol. The van der Waals surface area contributed by atoms with E-state index in [4.69, 9.17) is 10.8 Å². The number of hydrogen-bond acceptors (Lipinski definition) is 5. The van der Waals surface area contributed by atoms with E-state index in [1.165, 1.54) is 0 Å². The molecule has 0 saturated heterocycles. The second-order valence-electron chi connectivity index (χ2n) is 3.52. The van der Waals surface area contributed by atoms with Crippen LogP contribution in [-0.4, -0.2) is 36.4 Å². The molecule has 1 rings (SSSR count). The number of aromatic nitrogens is 1. The maximum Gasteiger partial charge on any atom is 0.322 e. The first-order valence-electron chi connectivity index (χ1n) is 4.86. The van der Waals surface area contributed by atoms with Crippen LogP contribution in [-0.2, 0) is 19.6 Å². The second kappa shape index (κ2) is 5.71. The molecule has 0 aromatic carbocycles. The van der Waals surface area contributed by atoms with Crippen molar-refractivity contribution >= 4 is 21.9 Å². The van der Waals surface area contributed by atoms with Gasteiger partial charge in [0.15, 0.2) is 0 Å². The first kappa shape index (κ1) is 15.0. The van der Waals surface area contributed by atoms with E-state index in [-0.39, 0.29) is 0 Å². The van der Waals surface area contributed by atoms with Gasteiger partial charge >= 0.3 is 5.97 Å². The van der Waals surface area contributed by atoms with Crippen LogP contribution in [0.3, 0.4) is 0 Å². The number of halogens is 1. The highest BCUT2D eigenvalue weighted by Crippen LogP contribution is 2.10. The summed E-state index contributed by atoms with van der Waals surface area (Å²) < 4.78 is 38.1. The van der Waals surface area contributed by atoms with Crippen molar-refractivity contribution in [3.05, 3.63) is 24.3 Å². The number of hydrogen-bond donors (Lipinski definition) is 3. The van der Waals surface area contributed by atoms with Crippen LogP contribution >= 0.6 is 0 Å². The molecule has 1 heterocycles. The maximum atomic E-state index is 12.9. The van der Waals surface area contributed by atoms with Gasteiger partial charge in [0.25, 0.3) is 0 Å². The normalized spacial score (nSPS) is 12.9. The number of rotatable bonds is 6. The fraction of sp³-hybridized carbons (Fsp3) is 0.222. The van der Waals surface area contributed by atoms with Crippen LogP contribution in [0.25, 0.3) is 0 Å². The van der Waals surface area contributed by atoms with Crippen LogP contribution in [0, 0.1) is 5.82 Å². The first-order valence-corrected chi connectivity index (χ1v) is 6.34. The summed E-state index contributed by atoms with van der Waals surface area (Å²) in [5.74, 6) is -3.47. The number of nitrogens with two attached hydrogens (primary N) is 1. The first-order chi connectivity index (χ1) is 8.72. The van der Waals surface area contributed by atoms with Gasteiger partial charge in [-0.3, -0.25) is 14.6 Å². The molecule has 104 valence electrons. The van der Waals surface area contributed by atoms with Gasteiger partial charge in [0, 0.05) is 6.20 Å². The fourth-order valence-corrected chi connectivity index (χ4v) is 2.34. The number of carbonyl (C=O) groups is 2. The van der Waals surface area contributed by atoms with Crippen molar-refractivity contribution in [3.63, 3.8) is 0 Å². The molecular weight excluding hydrogens is 281 g/mol. The summed E-state index contributed by atoms with van der Waals surface area (Å²) in [5, 5.41) is 8.76. The highest BCUT2D eigenvalue weighted by Gasteiger charge is 2.27. The van der Waals surface area contributed by atoms with Gasteiger partial charge in [-0.2, -0.15) is 4.72 Å². The van der Waals surface area contributed by atoms with Crippen LogP contribution in [0.5, 0.6) is 0 Å². The van der Waals surface area contributed by atoms with E-state index in [9.17, 15) is 22.4 Å². The van der Waals surface area contributed by atoms with Crippen LogP contribution in [0.1, 0.15) is 6.42 Å². The van der Waals surface area contributed by atoms with Crippen LogP contribution in [0.15, 0.2) is 23.4 Å². The van der Waals surface area contributed by atoms with E-state index < -0.39 is 45.1 Å². The number of amides is 1. The Balaban J connectivity index is 3.00. The molecule has 0 saturated carbocycles. The van der Waals surface area contributed by atoms with Crippen LogP contribution < -0.4 is 10.5 Å². The van der Waals surface area contributed by atoms with Crippen molar-refractivity contribution in [1.29, 1.82) is 0 Å². The van der Waals surface area contributed by atoms with Crippen molar-refractivity contribution < 1.29 is 27.5 Å². The van der Waals surface area contributed by atoms with Crippen LogP contribution in [0.4, 0.5) is 4.39 Å². The third-order valence-electron chi connectivity index (χ3n) is 1.99. The molecule has 1 amide bonds. The van der Waals surface area contributed by atoms with E-state index in [1.54, 1.807) is 4.72 Å². The zero-order valence-electron chi connectivity index (χ0n) is 9.41. The van der Waals surface area contributed by atoms with E-state index in [0.717, 1.165) is 12.4 Å². The van der Waals surface area contributed by atoms with E-state index in [0.29, 0.717) is 6.07 Å². The van der Waals surface area contributed by atoms with Crippen molar-refractivity contribution in [3.8, 4) is 0 Å². The number of primary amides is 1. The quantitative estimate of drug-likeness (QED) is 0.603. The lowest BCUT2D eigenvalue weighted by Gasteiger charge is -2.12. The highest BCUT2D eigenvalue weighted by atomic mass is 32.2. The standard InChI is InChI=1S/C9H10FN3O5S/c10-5-1-6(4-12-3-5)19(17,18)13-7(9(15)16)2-8(11)14/h1,3-4,7,13H,2H2,(H2,11,14)(H,15,16)/t7-/m0/s1. The fourth-order valence-electron chi connectivity index (χ4n) is 1.18. The molecule has 8 nitrogen and oxygen atoms in total. The topological polar surface area (TPSA) is 139 Å². The Labute approximate surface area is 107 Å². The van der Waals surface area contributed by atoms with E-state index in [1.807, 2.05) is 0 Å². The molecule has 0 spiro atoms. The minimum absolute atomic E-state index is 0.553. The number of nitrogens with zero attached hydrogens (tertiary/aromatic N) is 1. The number of pyridine rings is 1. The number of carbonyl (C=O) groups excluding carboxylic acids is 1. The molecule has 0 bridgehead atoms. The van der Waals surface area contributed by atoms with Gasteiger partial charge in [0.05, 0.1) is 12.6 Å². The maximum absolute atomic E-state index is 12.9. The molecule has 10 heteroatoms. The summed E-state index contributed by atoms with van der Waals surface area (Å²) in [5.41, 5.74) is 4.80. The van der Waals surface area contributed by atoms with Crippen LogP contribution in [0.2, 0.25) is 0 Å². The molecule has 1 aromatic heterocycles. The zero-order valence-corrected chi connectivity index (χ0v) is 10.2. The van der Waals surface area contributed by atoms with Gasteiger partial charge in [-0.05, 0) is 6.07 Å². The third kappa shape index (κ3) is 4.26. The van der Waals surface area contributed by atoms with Gasteiger partial charge < -0.3 is 10.8 Å². The number of aliphatic carboxylic acids is 1. The molecule has 0 fully saturated rings. The summed E-state index contributed by atoms with van der Waals surface area (Å²) >= 11 is 0. The Bertz CT molecular complexity index is 604. The van der Waals surface area contributed by atoms with Crippen molar-refractivity contribution in [2.45, 2.75) is 17.4 Å². The Morgan fingerprint density at radius 3 is 2.58 bits per heavy atom. The largest absolute Gasteiger partial charge is 0.480 e. The monoisotopic (exact) mass is 291 g/mol. The molecule has 1 atom stereocenters. The highest BCUT2D eigenvalue weighted by molar-refractivity contribution is 7.89. The lowest BCUT2D eigenvalue weighted by Crippen LogP contribution is -2.43. The average molecular weight is 291 g/mol. The molecule has 19 heavy (non-hydrogen) atoms. The molecule has 0 unspecified atom stereocenters. The number of nitrogens with one attached hydrogen (secondary N) is 1. The number of sulfonamides is 1. The summed E-state index contributed by atoms with van der Waals surface area (Å²) in [4.78, 5) is 24.2. The van der Waals surface area contributed by atoms with Gasteiger partial charge in [0.2, 0.25) is 15.9 Å². The van der Waals surface area contributed by atoms with E-state index in [2.05, 4.69) is 4.98 Å². The number of carboxylic acids is 1. The second-order valence-corrected chi connectivity index (χ2v) is 5.24. The Morgan fingerprint density at radius 1 is 1.47 bits per heavy atom. The Kier molecular flexibility index (Phi) is 4.51. The van der Waals surface area contributed by atoms with Crippen molar-refractivity contribution in [2.75, 3.05) is 0 Å². The zero-order chi connectivity index (χ0) is 14.6.